The van der Waals surface area contributed by atoms with Crippen LogP contribution in [0.3, 0.4) is 0 Å². The van der Waals surface area contributed by atoms with Gasteiger partial charge in [-0.2, -0.15) is 12.6 Å². The number of aromatic amines is 3. The van der Waals surface area contributed by atoms with E-state index in [1.54, 1.807) is 0 Å². The maximum absolute atomic E-state index is 11.6. The van der Waals surface area contributed by atoms with E-state index in [0.717, 1.165) is 82.5 Å². The second kappa shape index (κ2) is 12.3. The predicted octanol–water partition coefficient (Wildman–Crippen LogP) is 3.29. The summed E-state index contributed by atoms with van der Waals surface area (Å²) < 4.78 is 0. The number of hydrogen-bond acceptors (Lipinski definition) is 5. The molecule has 3 aromatic rings. The summed E-state index contributed by atoms with van der Waals surface area (Å²) in [5.74, 6) is -1.66. The minimum Gasteiger partial charge on any atom is -0.481 e. The number of aliphatic carboxylic acids is 2. The number of H-pyrrole nitrogens is 3. The molecule has 0 radical (unpaired) electrons. The monoisotopic (exact) mass is 632 g/mol. The van der Waals surface area contributed by atoms with E-state index in [1.807, 2.05) is 26.8 Å². The summed E-state index contributed by atoms with van der Waals surface area (Å²) >= 11 is 9.62. The van der Waals surface area contributed by atoms with Gasteiger partial charge in [-0.25, -0.2) is 0 Å². The third-order valence-electron chi connectivity index (χ3n) is 8.91. The Labute approximate surface area is 267 Å². The first-order valence-corrected chi connectivity index (χ1v) is 15.8. The number of nitrogens with one attached hydrogen (secondary N) is 4. The van der Waals surface area contributed by atoms with Crippen LogP contribution < -0.4 is 26.6 Å². The Kier molecular flexibility index (Phi) is 8.87. The van der Waals surface area contributed by atoms with Gasteiger partial charge in [-0.05, 0) is 110 Å². The molecule has 10 heteroatoms. The Hall–Kier alpha value is -3.76. The van der Waals surface area contributed by atoms with Crippen LogP contribution in [0.25, 0.3) is 29.2 Å². The highest BCUT2D eigenvalue weighted by Gasteiger charge is 2.30. The van der Waals surface area contributed by atoms with Crippen LogP contribution in [0.15, 0.2) is 17.0 Å². The SMILES string of the molecule is CC1=C2/C=c3\[nH]/c(c(CCC(=O)O)c3C)=C\c3[nH]c(c(C)c3CCC(=O)O)/C=c3\[nH]c(c(C)\c3=C(\C)S)/C=C(\N2)[C@H]1[C@H](C)S. The maximum atomic E-state index is 11.6. The minimum absolute atomic E-state index is 0.00360. The third kappa shape index (κ3) is 5.97. The molecule has 232 valence electrons. The number of carboxylic acid groups (broad SMARTS) is 2. The van der Waals surface area contributed by atoms with Crippen molar-refractivity contribution in [2.24, 2.45) is 5.92 Å². The van der Waals surface area contributed by atoms with Crippen molar-refractivity contribution in [3.8, 4) is 0 Å². The molecule has 0 fully saturated rings. The van der Waals surface area contributed by atoms with Crippen molar-refractivity contribution in [2.45, 2.75) is 72.5 Å². The fourth-order valence-corrected chi connectivity index (χ4v) is 7.25. The summed E-state index contributed by atoms with van der Waals surface area (Å²) in [4.78, 5) is 34.8. The summed E-state index contributed by atoms with van der Waals surface area (Å²) in [5.41, 5.74) is 10.7. The number of allylic oxidation sites excluding steroid dienone is 2. The van der Waals surface area contributed by atoms with Crippen molar-refractivity contribution in [3.63, 3.8) is 0 Å². The van der Waals surface area contributed by atoms with Gasteiger partial charge in [0.1, 0.15) is 0 Å². The van der Waals surface area contributed by atoms with E-state index in [1.165, 1.54) is 5.57 Å². The number of fused-ring (bicyclic) bond motifs is 8. The average molecular weight is 633 g/mol. The molecule has 2 atom stereocenters. The molecule has 6 N–H and O–H groups in total. The highest BCUT2D eigenvalue weighted by atomic mass is 32.1. The molecule has 8 nitrogen and oxygen atoms in total. The number of rotatable bonds is 7. The van der Waals surface area contributed by atoms with Gasteiger partial charge >= 0.3 is 11.9 Å². The van der Waals surface area contributed by atoms with Gasteiger partial charge in [0.15, 0.2) is 0 Å². The molecule has 0 unspecified atom stereocenters. The second-order valence-corrected chi connectivity index (χ2v) is 13.4. The smallest absolute Gasteiger partial charge is 0.303 e. The largest absolute Gasteiger partial charge is 0.481 e. The van der Waals surface area contributed by atoms with Crippen molar-refractivity contribution >= 4 is 66.4 Å². The summed E-state index contributed by atoms with van der Waals surface area (Å²) in [6, 6.07) is 0. The van der Waals surface area contributed by atoms with Gasteiger partial charge in [0.2, 0.25) is 0 Å². The zero-order valence-electron chi connectivity index (χ0n) is 25.9. The van der Waals surface area contributed by atoms with Crippen molar-refractivity contribution in [1.29, 1.82) is 0 Å². The van der Waals surface area contributed by atoms with E-state index in [2.05, 4.69) is 59.3 Å². The fraction of sp³-hybridized carbons (Fsp3) is 0.353. The van der Waals surface area contributed by atoms with Crippen molar-refractivity contribution in [3.05, 3.63) is 83.1 Å². The summed E-state index contributed by atoms with van der Waals surface area (Å²) in [6.07, 6.45) is 9.00. The summed E-state index contributed by atoms with van der Waals surface area (Å²) in [5, 5.41) is 26.4. The lowest BCUT2D eigenvalue weighted by atomic mass is 9.95. The van der Waals surface area contributed by atoms with E-state index >= 15 is 0 Å². The van der Waals surface area contributed by atoms with Gasteiger partial charge in [0.05, 0.1) is 0 Å². The zero-order chi connectivity index (χ0) is 32.0. The quantitative estimate of drug-likeness (QED) is 0.189. The third-order valence-corrected chi connectivity index (χ3v) is 9.43. The molecule has 0 spiro atoms. The molecule has 0 aromatic carbocycles. The van der Waals surface area contributed by atoms with Gasteiger partial charge in [0, 0.05) is 73.8 Å². The normalized spacial score (nSPS) is 20.8. The van der Waals surface area contributed by atoms with Crippen molar-refractivity contribution in [2.75, 3.05) is 0 Å². The maximum Gasteiger partial charge on any atom is 0.303 e. The van der Waals surface area contributed by atoms with Crippen LogP contribution in [0.1, 0.15) is 78.5 Å². The average Bonchev–Trinajstić information content (AvgIpc) is 3.59. The highest BCUT2D eigenvalue weighted by Crippen LogP contribution is 2.35. The Balaban J connectivity index is 1.91. The molecule has 5 rings (SSSR count). The van der Waals surface area contributed by atoms with Crippen LogP contribution in [0.2, 0.25) is 0 Å². The molecule has 8 bridgehead atoms. The van der Waals surface area contributed by atoms with Crippen LogP contribution >= 0.6 is 25.3 Å². The Morgan fingerprint density at radius 2 is 1.41 bits per heavy atom. The molecular weight excluding hydrogens is 593 g/mol. The van der Waals surface area contributed by atoms with Gasteiger partial charge in [-0.3, -0.25) is 9.59 Å². The highest BCUT2D eigenvalue weighted by molar-refractivity contribution is 7.90. The first-order valence-electron chi connectivity index (χ1n) is 14.8. The van der Waals surface area contributed by atoms with E-state index in [9.17, 15) is 19.8 Å². The Morgan fingerprint density at radius 1 is 0.795 bits per heavy atom. The van der Waals surface area contributed by atoms with Crippen molar-refractivity contribution in [1.82, 2.24) is 20.3 Å². The topological polar surface area (TPSA) is 134 Å². The van der Waals surface area contributed by atoms with E-state index in [0.29, 0.717) is 12.8 Å². The lowest BCUT2D eigenvalue weighted by Crippen LogP contribution is -2.25. The molecule has 44 heavy (non-hydrogen) atoms. The molecule has 3 aromatic heterocycles. The number of thiol groups is 2. The molecule has 0 saturated heterocycles. The van der Waals surface area contributed by atoms with E-state index in [-0.39, 0.29) is 24.0 Å². The zero-order valence-corrected chi connectivity index (χ0v) is 27.7. The van der Waals surface area contributed by atoms with Crippen LogP contribution in [0.5, 0.6) is 0 Å². The van der Waals surface area contributed by atoms with Gasteiger partial charge in [-0.1, -0.05) is 6.92 Å². The van der Waals surface area contributed by atoms with Crippen LogP contribution in [0, 0.1) is 26.7 Å². The van der Waals surface area contributed by atoms with Crippen LogP contribution in [0.4, 0.5) is 0 Å². The fourth-order valence-electron chi connectivity index (χ4n) is 6.58. The molecule has 0 amide bonds. The Morgan fingerprint density at radius 3 is 2.02 bits per heavy atom. The Bertz CT molecular complexity index is 2000. The first kappa shape index (κ1) is 31.7. The molecular formula is C34H40N4O4S2. The molecule has 2 aliphatic heterocycles. The number of hydrogen-bond donors (Lipinski definition) is 8. The summed E-state index contributed by atoms with van der Waals surface area (Å²) in [6.45, 7) is 12.3. The molecule has 5 heterocycles. The molecule has 0 aliphatic carbocycles. The molecule has 2 aliphatic rings. The van der Waals surface area contributed by atoms with E-state index in [4.69, 9.17) is 25.3 Å². The number of carboxylic acids is 2. The number of aromatic nitrogens is 3. The van der Waals surface area contributed by atoms with E-state index < -0.39 is 11.9 Å². The van der Waals surface area contributed by atoms with Gasteiger partial charge < -0.3 is 30.5 Å². The summed E-state index contributed by atoms with van der Waals surface area (Å²) in [7, 11) is 0. The number of carbonyl (C=O) groups is 2. The van der Waals surface area contributed by atoms with Crippen molar-refractivity contribution < 1.29 is 19.8 Å². The second-order valence-electron chi connectivity index (χ2n) is 11.9. The van der Waals surface area contributed by atoms with Crippen LogP contribution in [-0.2, 0) is 22.4 Å². The lowest BCUT2D eigenvalue weighted by molar-refractivity contribution is -0.138. The molecule has 0 saturated carbocycles. The minimum atomic E-state index is -0.865. The van der Waals surface area contributed by atoms with Gasteiger partial charge in [-0.15, -0.1) is 12.6 Å². The first-order chi connectivity index (χ1) is 20.8. The lowest BCUT2D eigenvalue weighted by Gasteiger charge is -2.17. The standard InChI is InChI=1S/C34H40N4O4S2/c1-15-21(7-9-31(39)40)27-14-28-22(8-10-32(41)42)16(2)24(36-28)12-29-34(20(6)44)18(4)26(38-29)13-30-33(19(5)43)17(3)25(37-30)11-23(15)35-27/h11-14,19,33,35-38,43-44H,7-10H2,1-6H3,(H,39,40)(H,41,42)/b23-11-,27-14-,29-12-,30-13-,34-20+/t19-,33+/m0/s1. The van der Waals surface area contributed by atoms with Gasteiger partial charge in [0.25, 0.3) is 0 Å². The van der Waals surface area contributed by atoms with Crippen LogP contribution in [-0.4, -0.2) is 42.4 Å². The predicted molar refractivity (Wildman–Crippen MR) is 182 cm³/mol.